The largest absolute Gasteiger partial charge is 0.502 e. The normalized spacial score (nSPS) is 27.5. The molecule has 1 aliphatic heterocycles. The molecule has 3 aliphatic carbocycles. The summed E-state index contributed by atoms with van der Waals surface area (Å²) in [4.78, 5) is 55.2. The Morgan fingerprint density at radius 3 is 2.16 bits per heavy atom. The molecule has 1 fully saturated rings. The number of phenolic OH excluding ortho intramolecular Hbond substituents is 1. The summed E-state index contributed by atoms with van der Waals surface area (Å²) in [5.41, 5.74) is 1.88. The van der Waals surface area contributed by atoms with Crippen molar-refractivity contribution in [2.45, 2.75) is 52.0 Å². The Bertz CT molecular complexity index is 1330. The zero-order chi connectivity index (χ0) is 27.0. The number of aromatic hydroxyl groups is 1. The molecule has 0 radical (unpaired) electrons. The van der Waals surface area contributed by atoms with Crippen LogP contribution < -0.4 is 9.47 Å². The van der Waals surface area contributed by atoms with Crippen molar-refractivity contribution in [3.8, 4) is 17.2 Å². The number of allylic oxidation sites excluding steroid dienone is 6. The highest BCUT2D eigenvalue weighted by Crippen LogP contribution is 2.56. The van der Waals surface area contributed by atoms with E-state index in [1.54, 1.807) is 19.1 Å². The quantitative estimate of drug-likeness (QED) is 0.379. The lowest BCUT2D eigenvalue weighted by atomic mass is 9.59. The van der Waals surface area contributed by atoms with Gasteiger partial charge in [-0.05, 0) is 70.2 Å². The van der Waals surface area contributed by atoms with Gasteiger partial charge < -0.3 is 14.6 Å². The smallest absolute Gasteiger partial charge is 0.234 e. The molecule has 5 rings (SSSR count). The summed E-state index contributed by atoms with van der Waals surface area (Å²) >= 11 is 0. The van der Waals surface area contributed by atoms with E-state index in [0.717, 1.165) is 5.57 Å². The summed E-state index contributed by atoms with van der Waals surface area (Å²) in [5.74, 6) is -2.92. The number of fused-ring (bicyclic) bond motifs is 3. The van der Waals surface area contributed by atoms with Gasteiger partial charge in [-0.1, -0.05) is 11.6 Å². The van der Waals surface area contributed by atoms with Crippen LogP contribution in [0.3, 0.4) is 0 Å². The number of phenols is 1. The van der Waals surface area contributed by atoms with E-state index >= 15 is 0 Å². The van der Waals surface area contributed by atoms with Crippen LogP contribution in [0.25, 0.3) is 0 Å². The van der Waals surface area contributed by atoms with Gasteiger partial charge in [0.15, 0.2) is 23.1 Å². The second-order valence-corrected chi connectivity index (χ2v) is 11.2. The standard InChI is InChI=1S/C29H31NO7/c1-13-9-19(31)24-18(25(13)32)12-17-15(22(24)14-10-20(36-5)26(33)21(11-14)37-6)7-8-16-23(17)28(35)30(27(16)34)29(2,3)4/h7,9-11,16-17,22-23,33H,8,12H2,1-6H3. The number of carbonyl (C=O) groups is 4. The first kappa shape index (κ1) is 25.0. The van der Waals surface area contributed by atoms with E-state index in [4.69, 9.17) is 9.47 Å². The highest BCUT2D eigenvalue weighted by Gasteiger charge is 2.58. The molecule has 8 nitrogen and oxygen atoms in total. The summed E-state index contributed by atoms with van der Waals surface area (Å²) in [6, 6.07) is 3.27. The average molecular weight is 506 g/mol. The lowest BCUT2D eigenvalue weighted by Gasteiger charge is -2.42. The van der Waals surface area contributed by atoms with Crippen LogP contribution in [-0.2, 0) is 19.2 Å². The Labute approximate surface area is 215 Å². The maximum atomic E-state index is 13.7. The predicted molar refractivity (Wildman–Crippen MR) is 134 cm³/mol. The van der Waals surface area contributed by atoms with Crippen LogP contribution in [0.5, 0.6) is 17.2 Å². The van der Waals surface area contributed by atoms with Gasteiger partial charge in [0, 0.05) is 28.2 Å². The maximum Gasteiger partial charge on any atom is 0.234 e. The fraction of sp³-hybridized carbons (Fsp3) is 0.448. The van der Waals surface area contributed by atoms with Crippen molar-refractivity contribution < 1.29 is 33.8 Å². The zero-order valence-corrected chi connectivity index (χ0v) is 21.9. The number of hydrogen-bond acceptors (Lipinski definition) is 7. The molecule has 2 amide bonds. The molecular formula is C29H31NO7. The van der Waals surface area contributed by atoms with Gasteiger partial charge in [-0.2, -0.15) is 0 Å². The molecule has 4 atom stereocenters. The number of amides is 2. The molecule has 4 unspecified atom stereocenters. The topological polar surface area (TPSA) is 110 Å². The Morgan fingerprint density at radius 2 is 1.59 bits per heavy atom. The van der Waals surface area contributed by atoms with Crippen molar-refractivity contribution in [2.24, 2.45) is 17.8 Å². The zero-order valence-electron chi connectivity index (χ0n) is 21.9. The van der Waals surface area contributed by atoms with Gasteiger partial charge in [0.1, 0.15) is 0 Å². The second kappa shape index (κ2) is 8.43. The third kappa shape index (κ3) is 3.56. The minimum atomic E-state index is -0.669. The fourth-order valence-electron chi connectivity index (χ4n) is 6.50. The Hall–Kier alpha value is -3.68. The molecular weight excluding hydrogens is 474 g/mol. The molecule has 4 aliphatic rings. The SMILES string of the molecule is COc1cc(C2C3=CCC4C(=O)N(C(C)(C)C)C(=O)C4C3CC3=C2C(=O)C=C(C)C3=O)cc(OC)c1O. The van der Waals surface area contributed by atoms with Gasteiger partial charge in [0.25, 0.3) is 0 Å². The molecule has 0 spiro atoms. The third-order valence-corrected chi connectivity index (χ3v) is 8.07. The number of imide groups is 1. The van der Waals surface area contributed by atoms with Crippen LogP contribution in [0.4, 0.5) is 0 Å². The van der Waals surface area contributed by atoms with Crippen LogP contribution in [-0.4, -0.2) is 53.1 Å². The van der Waals surface area contributed by atoms with Gasteiger partial charge in [-0.15, -0.1) is 0 Å². The summed E-state index contributed by atoms with van der Waals surface area (Å²) in [6.07, 6.45) is 3.92. The van der Waals surface area contributed by atoms with Crippen molar-refractivity contribution in [1.82, 2.24) is 4.90 Å². The number of ketones is 2. The highest BCUT2D eigenvalue weighted by atomic mass is 16.5. The number of methoxy groups -OCH3 is 2. The van der Waals surface area contributed by atoms with Crippen LogP contribution in [0, 0.1) is 17.8 Å². The van der Waals surface area contributed by atoms with E-state index in [1.165, 1.54) is 25.2 Å². The predicted octanol–water partition coefficient (Wildman–Crippen LogP) is 3.64. The lowest BCUT2D eigenvalue weighted by molar-refractivity contribution is -0.145. The van der Waals surface area contributed by atoms with E-state index in [-0.39, 0.29) is 47.1 Å². The molecule has 1 aromatic carbocycles. The van der Waals surface area contributed by atoms with Gasteiger partial charge in [0.2, 0.25) is 17.6 Å². The molecule has 1 saturated heterocycles. The molecule has 8 heteroatoms. The summed E-state index contributed by atoms with van der Waals surface area (Å²) in [7, 11) is 2.84. The summed E-state index contributed by atoms with van der Waals surface area (Å²) in [5, 5.41) is 10.5. The molecule has 194 valence electrons. The summed E-state index contributed by atoms with van der Waals surface area (Å²) < 4.78 is 10.7. The van der Waals surface area contributed by atoms with Crippen molar-refractivity contribution >= 4 is 23.4 Å². The molecule has 1 aromatic rings. The number of rotatable bonds is 3. The van der Waals surface area contributed by atoms with E-state index in [9.17, 15) is 24.3 Å². The average Bonchev–Trinajstić information content (AvgIpc) is 3.11. The van der Waals surface area contributed by atoms with Crippen LogP contribution >= 0.6 is 0 Å². The summed E-state index contributed by atoms with van der Waals surface area (Å²) in [6.45, 7) is 7.13. The first-order valence-electron chi connectivity index (χ1n) is 12.4. The van der Waals surface area contributed by atoms with Crippen LogP contribution in [0.1, 0.15) is 52.0 Å². The van der Waals surface area contributed by atoms with Crippen LogP contribution in [0.15, 0.2) is 46.6 Å². The minimum Gasteiger partial charge on any atom is -0.502 e. The van der Waals surface area contributed by atoms with E-state index in [0.29, 0.717) is 28.7 Å². The minimum absolute atomic E-state index is 0.167. The number of hydrogen-bond donors (Lipinski definition) is 1. The van der Waals surface area contributed by atoms with E-state index in [1.807, 2.05) is 26.8 Å². The third-order valence-electron chi connectivity index (χ3n) is 8.07. The lowest BCUT2D eigenvalue weighted by Crippen LogP contribution is -2.46. The molecule has 0 aromatic heterocycles. The van der Waals surface area contributed by atoms with Crippen molar-refractivity contribution in [1.29, 1.82) is 0 Å². The molecule has 1 N–H and O–H groups in total. The van der Waals surface area contributed by atoms with Crippen LogP contribution in [0.2, 0.25) is 0 Å². The van der Waals surface area contributed by atoms with Gasteiger partial charge in [-0.25, -0.2) is 0 Å². The first-order valence-corrected chi connectivity index (χ1v) is 12.4. The fourth-order valence-corrected chi connectivity index (χ4v) is 6.50. The van der Waals surface area contributed by atoms with Crippen molar-refractivity contribution in [2.75, 3.05) is 14.2 Å². The first-order chi connectivity index (χ1) is 17.4. The molecule has 0 bridgehead atoms. The monoisotopic (exact) mass is 505 g/mol. The number of nitrogens with zero attached hydrogens (tertiary/aromatic N) is 1. The maximum absolute atomic E-state index is 13.7. The Morgan fingerprint density at radius 1 is 0.973 bits per heavy atom. The molecule has 1 heterocycles. The number of carbonyl (C=O) groups excluding carboxylic acids is 4. The highest BCUT2D eigenvalue weighted by molar-refractivity contribution is 6.23. The van der Waals surface area contributed by atoms with Crippen molar-refractivity contribution in [3.05, 3.63) is 52.1 Å². The number of ether oxygens (including phenoxy) is 2. The molecule has 37 heavy (non-hydrogen) atoms. The Kier molecular flexibility index (Phi) is 5.69. The van der Waals surface area contributed by atoms with E-state index < -0.39 is 29.2 Å². The molecule has 0 saturated carbocycles. The number of likely N-dealkylation sites (tertiary alicyclic amines) is 1. The van der Waals surface area contributed by atoms with Gasteiger partial charge in [0.05, 0.1) is 26.1 Å². The van der Waals surface area contributed by atoms with Gasteiger partial charge in [-0.3, -0.25) is 24.1 Å². The Balaban J connectivity index is 1.72. The van der Waals surface area contributed by atoms with Gasteiger partial charge >= 0.3 is 0 Å². The number of benzene rings is 1. The number of Topliss-reactive ketones (excluding diaryl/α,β-unsaturated/α-hetero) is 1. The van der Waals surface area contributed by atoms with E-state index in [2.05, 4.69) is 0 Å². The second-order valence-electron chi connectivity index (χ2n) is 11.2. The van der Waals surface area contributed by atoms with Crippen molar-refractivity contribution in [3.63, 3.8) is 0 Å².